The first-order chi connectivity index (χ1) is 15.2. The van der Waals surface area contributed by atoms with E-state index in [1.54, 1.807) is 24.3 Å². The largest absolute Gasteiger partial charge is 0.573 e. The number of benzene rings is 2. The highest BCUT2D eigenvalue weighted by Gasteiger charge is 2.31. The number of aromatic nitrogens is 2. The molecule has 2 heterocycles. The maximum Gasteiger partial charge on any atom is 0.573 e. The number of halogens is 3. The van der Waals surface area contributed by atoms with Crippen molar-refractivity contribution in [2.75, 3.05) is 22.7 Å². The molecular formula is C21H19F3N4O3S. The minimum absolute atomic E-state index is 0.202. The SMILES string of the molecule is O=S(=O)(Nc1cccc(-c2ccc(N3CCCC3)nn2)c1)c1ccc(OC(F)(F)F)cc1. The van der Waals surface area contributed by atoms with Gasteiger partial charge in [0.15, 0.2) is 5.82 Å². The van der Waals surface area contributed by atoms with Crippen LogP contribution in [0.15, 0.2) is 65.6 Å². The molecule has 7 nitrogen and oxygen atoms in total. The fraction of sp³-hybridized carbons (Fsp3) is 0.238. The van der Waals surface area contributed by atoms with E-state index < -0.39 is 22.1 Å². The van der Waals surface area contributed by atoms with Gasteiger partial charge in [0.05, 0.1) is 10.6 Å². The number of hydrogen-bond acceptors (Lipinski definition) is 6. The standard InChI is InChI=1S/C21H19F3N4O3S/c22-21(23,24)31-17-6-8-18(9-7-17)32(29,30)27-16-5-3-4-15(14-16)19-10-11-20(26-25-19)28-12-1-2-13-28/h3-11,14,27H,1-2,12-13H2. The average Bonchev–Trinajstić information content (AvgIpc) is 3.28. The second-order valence-electron chi connectivity index (χ2n) is 7.18. The van der Waals surface area contributed by atoms with E-state index in [-0.39, 0.29) is 10.6 Å². The van der Waals surface area contributed by atoms with Crippen LogP contribution >= 0.6 is 0 Å². The molecule has 168 valence electrons. The van der Waals surface area contributed by atoms with Gasteiger partial charge in [0, 0.05) is 24.3 Å². The lowest BCUT2D eigenvalue weighted by Gasteiger charge is -2.15. The number of hydrogen-bond donors (Lipinski definition) is 1. The molecule has 1 aliphatic heterocycles. The van der Waals surface area contributed by atoms with Gasteiger partial charge >= 0.3 is 6.36 Å². The maximum absolute atomic E-state index is 12.6. The number of sulfonamides is 1. The van der Waals surface area contributed by atoms with Gasteiger partial charge in [0.1, 0.15) is 5.75 Å². The molecule has 1 saturated heterocycles. The molecule has 0 aliphatic carbocycles. The Hall–Kier alpha value is -3.34. The molecule has 1 fully saturated rings. The number of nitrogens with zero attached hydrogens (tertiary/aromatic N) is 3. The van der Waals surface area contributed by atoms with Crippen LogP contribution in [-0.4, -0.2) is 38.1 Å². The van der Waals surface area contributed by atoms with E-state index in [0.29, 0.717) is 11.3 Å². The molecule has 1 N–H and O–H groups in total. The maximum atomic E-state index is 12.6. The van der Waals surface area contributed by atoms with Gasteiger partial charge in [-0.1, -0.05) is 12.1 Å². The van der Waals surface area contributed by atoms with Gasteiger partial charge in [0.25, 0.3) is 10.0 Å². The predicted molar refractivity (Wildman–Crippen MR) is 113 cm³/mol. The van der Waals surface area contributed by atoms with E-state index in [2.05, 4.69) is 24.6 Å². The highest BCUT2D eigenvalue weighted by molar-refractivity contribution is 7.92. The van der Waals surface area contributed by atoms with Gasteiger partial charge in [-0.05, 0) is 61.4 Å². The Balaban J connectivity index is 1.49. The van der Waals surface area contributed by atoms with Crippen molar-refractivity contribution in [2.45, 2.75) is 24.1 Å². The molecule has 11 heteroatoms. The monoisotopic (exact) mass is 464 g/mol. The zero-order chi connectivity index (χ0) is 22.8. The van der Waals surface area contributed by atoms with Gasteiger partial charge < -0.3 is 9.64 Å². The summed E-state index contributed by atoms with van der Waals surface area (Å²) in [6, 6.07) is 14.3. The molecule has 0 amide bonds. The van der Waals surface area contributed by atoms with Crippen molar-refractivity contribution in [3.63, 3.8) is 0 Å². The fourth-order valence-corrected chi connectivity index (χ4v) is 4.42. The van der Waals surface area contributed by atoms with Crippen molar-refractivity contribution in [2.24, 2.45) is 0 Å². The van der Waals surface area contributed by atoms with Crippen LogP contribution in [0, 0.1) is 0 Å². The molecule has 1 aromatic heterocycles. The first-order valence-electron chi connectivity index (χ1n) is 9.77. The van der Waals surface area contributed by atoms with Crippen LogP contribution in [0.4, 0.5) is 24.7 Å². The van der Waals surface area contributed by atoms with Gasteiger partial charge in [-0.2, -0.15) is 0 Å². The van der Waals surface area contributed by atoms with Gasteiger partial charge in [-0.25, -0.2) is 8.42 Å². The third kappa shape index (κ3) is 5.28. The minimum atomic E-state index is -4.85. The molecule has 32 heavy (non-hydrogen) atoms. The molecule has 0 spiro atoms. The topological polar surface area (TPSA) is 84.4 Å². The molecule has 3 aromatic rings. The highest BCUT2D eigenvalue weighted by Crippen LogP contribution is 2.27. The Morgan fingerprint density at radius 3 is 2.28 bits per heavy atom. The van der Waals surface area contributed by atoms with Crippen LogP contribution in [0.2, 0.25) is 0 Å². The molecule has 0 radical (unpaired) electrons. The van der Waals surface area contributed by atoms with E-state index in [4.69, 9.17) is 0 Å². The lowest BCUT2D eigenvalue weighted by molar-refractivity contribution is -0.274. The van der Waals surface area contributed by atoms with Crippen LogP contribution in [-0.2, 0) is 10.0 Å². The van der Waals surface area contributed by atoms with Crippen molar-refractivity contribution in [3.05, 3.63) is 60.7 Å². The number of alkyl halides is 3. The van der Waals surface area contributed by atoms with Gasteiger partial charge in [-0.3, -0.25) is 4.72 Å². The predicted octanol–water partition coefficient (Wildman–Crippen LogP) is 4.44. The molecule has 4 rings (SSSR count). The average molecular weight is 464 g/mol. The zero-order valence-electron chi connectivity index (χ0n) is 16.7. The van der Waals surface area contributed by atoms with Gasteiger partial charge in [-0.15, -0.1) is 23.4 Å². The molecular weight excluding hydrogens is 445 g/mol. The third-order valence-electron chi connectivity index (χ3n) is 4.86. The molecule has 0 bridgehead atoms. The third-order valence-corrected chi connectivity index (χ3v) is 6.26. The molecule has 0 atom stereocenters. The van der Waals surface area contributed by atoms with Crippen LogP contribution in [0.5, 0.6) is 5.75 Å². The summed E-state index contributed by atoms with van der Waals surface area (Å²) in [4.78, 5) is 1.96. The number of nitrogens with one attached hydrogen (secondary N) is 1. The summed E-state index contributed by atoms with van der Waals surface area (Å²) in [5, 5.41) is 8.52. The van der Waals surface area contributed by atoms with Gasteiger partial charge in [0.2, 0.25) is 0 Å². The molecule has 0 saturated carbocycles. The number of anilines is 2. The first kappa shape index (κ1) is 21.9. The summed E-state index contributed by atoms with van der Waals surface area (Å²) < 4.78 is 68.3. The molecule has 0 unspecified atom stereocenters. The van der Waals surface area contributed by atoms with Crippen LogP contribution in [0.25, 0.3) is 11.3 Å². The molecule has 2 aromatic carbocycles. The van der Waals surface area contributed by atoms with E-state index in [0.717, 1.165) is 56.0 Å². The smallest absolute Gasteiger partial charge is 0.406 e. The van der Waals surface area contributed by atoms with Crippen molar-refractivity contribution >= 4 is 21.5 Å². The molecule has 1 aliphatic rings. The Morgan fingerprint density at radius 2 is 1.66 bits per heavy atom. The van der Waals surface area contributed by atoms with Crippen molar-refractivity contribution < 1.29 is 26.3 Å². The Bertz CT molecular complexity index is 1180. The van der Waals surface area contributed by atoms with E-state index in [1.807, 2.05) is 12.1 Å². The van der Waals surface area contributed by atoms with Crippen LogP contribution < -0.4 is 14.4 Å². The Labute approximate surface area is 182 Å². The normalized spacial score (nSPS) is 14.4. The van der Waals surface area contributed by atoms with E-state index in [1.165, 1.54) is 0 Å². The summed E-state index contributed by atoms with van der Waals surface area (Å²) >= 11 is 0. The van der Waals surface area contributed by atoms with E-state index >= 15 is 0 Å². The second-order valence-corrected chi connectivity index (χ2v) is 8.86. The van der Waals surface area contributed by atoms with E-state index in [9.17, 15) is 21.6 Å². The van der Waals surface area contributed by atoms with Crippen molar-refractivity contribution in [1.29, 1.82) is 0 Å². The Morgan fingerprint density at radius 1 is 0.938 bits per heavy atom. The zero-order valence-corrected chi connectivity index (χ0v) is 17.5. The fourth-order valence-electron chi connectivity index (χ4n) is 3.37. The summed E-state index contributed by atoms with van der Waals surface area (Å²) in [7, 11) is -4.02. The lowest BCUT2D eigenvalue weighted by Crippen LogP contribution is -2.19. The summed E-state index contributed by atoms with van der Waals surface area (Å²) in [6.45, 7) is 1.91. The number of ether oxygens (including phenoxy) is 1. The summed E-state index contributed by atoms with van der Waals surface area (Å²) in [5.41, 5.74) is 1.53. The second kappa shape index (κ2) is 8.65. The first-order valence-corrected chi connectivity index (χ1v) is 11.3. The minimum Gasteiger partial charge on any atom is -0.406 e. The summed E-state index contributed by atoms with van der Waals surface area (Å²) in [6.07, 6.45) is -2.60. The van der Waals surface area contributed by atoms with Crippen LogP contribution in [0.1, 0.15) is 12.8 Å². The highest BCUT2D eigenvalue weighted by atomic mass is 32.2. The Kier molecular flexibility index (Phi) is 5.92. The summed E-state index contributed by atoms with van der Waals surface area (Å²) in [5.74, 6) is 0.301. The van der Waals surface area contributed by atoms with Crippen molar-refractivity contribution in [3.8, 4) is 17.0 Å². The number of rotatable bonds is 6. The quantitative estimate of drug-likeness (QED) is 0.581. The lowest BCUT2D eigenvalue weighted by atomic mass is 10.1. The van der Waals surface area contributed by atoms with Crippen LogP contribution in [0.3, 0.4) is 0 Å². The van der Waals surface area contributed by atoms with Crippen molar-refractivity contribution in [1.82, 2.24) is 10.2 Å².